The summed E-state index contributed by atoms with van der Waals surface area (Å²) in [5.41, 5.74) is -0.139. The summed E-state index contributed by atoms with van der Waals surface area (Å²) in [6.07, 6.45) is -1.48. The lowest BCUT2D eigenvalue weighted by Crippen LogP contribution is -2.06. The molecule has 0 aliphatic heterocycles. The Hall–Kier alpha value is -2.21. The van der Waals surface area contributed by atoms with E-state index in [-0.39, 0.29) is 11.1 Å². The molecule has 1 atom stereocenters. The lowest BCUT2D eigenvalue weighted by atomic mass is 10.00. The highest BCUT2D eigenvalue weighted by Gasteiger charge is 2.21. The van der Waals surface area contributed by atoms with Crippen molar-refractivity contribution in [2.45, 2.75) is 6.10 Å². The van der Waals surface area contributed by atoms with Crippen LogP contribution in [0.15, 0.2) is 30.3 Å². The van der Waals surface area contributed by atoms with Gasteiger partial charge in [-0.3, -0.25) is 0 Å². The first-order valence-electron chi connectivity index (χ1n) is 6.02. The Kier molecular flexibility index (Phi) is 4.37. The van der Waals surface area contributed by atoms with Gasteiger partial charge >= 0.3 is 0 Å². The molecule has 0 aliphatic carbocycles. The Morgan fingerprint density at radius 1 is 0.905 bits per heavy atom. The average molecular weight is 298 g/mol. The van der Waals surface area contributed by atoms with Gasteiger partial charge in [0, 0.05) is 11.6 Å². The Morgan fingerprint density at radius 3 is 2.00 bits per heavy atom. The smallest absolute Gasteiger partial charge is 0.194 e. The predicted molar refractivity (Wildman–Crippen MR) is 69.9 cm³/mol. The third kappa shape index (κ3) is 2.95. The van der Waals surface area contributed by atoms with Crippen LogP contribution >= 0.6 is 0 Å². The number of aliphatic hydroxyl groups is 1. The maximum Gasteiger partial charge on any atom is 0.194 e. The zero-order valence-corrected chi connectivity index (χ0v) is 11.4. The van der Waals surface area contributed by atoms with Crippen LogP contribution in [0.5, 0.6) is 11.5 Å². The molecule has 0 bridgehead atoms. The van der Waals surface area contributed by atoms with Crippen molar-refractivity contribution in [3.05, 3.63) is 58.9 Å². The summed E-state index contributed by atoms with van der Waals surface area (Å²) in [7, 11) is 2.84. The lowest BCUT2D eigenvalue weighted by molar-refractivity contribution is 0.211. The number of halogens is 3. The summed E-state index contributed by atoms with van der Waals surface area (Å²) in [5, 5.41) is 10.2. The maximum atomic E-state index is 13.7. The highest BCUT2D eigenvalue weighted by atomic mass is 19.2. The van der Waals surface area contributed by atoms with Crippen LogP contribution in [0.25, 0.3) is 0 Å². The van der Waals surface area contributed by atoms with E-state index in [1.54, 1.807) is 6.07 Å². The Morgan fingerprint density at radius 2 is 1.48 bits per heavy atom. The molecule has 0 aromatic heterocycles. The highest BCUT2D eigenvalue weighted by molar-refractivity contribution is 5.42. The van der Waals surface area contributed by atoms with Crippen molar-refractivity contribution in [3.8, 4) is 11.5 Å². The molecule has 1 unspecified atom stereocenters. The number of rotatable bonds is 4. The fourth-order valence-electron chi connectivity index (χ4n) is 1.92. The summed E-state index contributed by atoms with van der Waals surface area (Å²) in [6, 6.07) is 6.22. The van der Waals surface area contributed by atoms with Crippen molar-refractivity contribution >= 4 is 0 Å². The highest BCUT2D eigenvalue weighted by Crippen LogP contribution is 2.31. The molecule has 0 fully saturated rings. The van der Waals surface area contributed by atoms with Crippen molar-refractivity contribution in [1.82, 2.24) is 0 Å². The van der Waals surface area contributed by atoms with Crippen LogP contribution in [0.2, 0.25) is 0 Å². The number of ether oxygens (including phenoxy) is 2. The molecule has 0 heterocycles. The molecule has 0 aliphatic rings. The Labute approximate surface area is 119 Å². The van der Waals surface area contributed by atoms with Crippen molar-refractivity contribution < 1.29 is 27.8 Å². The van der Waals surface area contributed by atoms with Gasteiger partial charge < -0.3 is 14.6 Å². The molecule has 0 saturated heterocycles. The molecule has 112 valence electrons. The molecule has 0 spiro atoms. The summed E-state index contributed by atoms with van der Waals surface area (Å²) in [5.74, 6) is -3.60. The number of methoxy groups -OCH3 is 2. The number of aliphatic hydroxyl groups excluding tert-OH is 1. The van der Waals surface area contributed by atoms with Gasteiger partial charge in [-0.25, -0.2) is 13.2 Å². The third-order valence-electron chi connectivity index (χ3n) is 3.05. The largest absolute Gasteiger partial charge is 0.497 e. The second-order valence-electron chi connectivity index (χ2n) is 4.31. The molecule has 21 heavy (non-hydrogen) atoms. The maximum absolute atomic E-state index is 13.7. The predicted octanol–water partition coefficient (Wildman–Crippen LogP) is 3.20. The minimum absolute atomic E-state index is 0.233. The Bertz CT molecular complexity index is 637. The van der Waals surface area contributed by atoms with E-state index in [2.05, 4.69) is 0 Å². The van der Waals surface area contributed by atoms with Gasteiger partial charge in [-0.15, -0.1) is 0 Å². The van der Waals surface area contributed by atoms with Crippen LogP contribution in [0.4, 0.5) is 13.2 Å². The van der Waals surface area contributed by atoms with Crippen molar-refractivity contribution in [1.29, 1.82) is 0 Å². The normalized spacial score (nSPS) is 12.1. The SMILES string of the molecule is COc1cc(OC)cc(C(O)c2ccc(F)c(F)c2F)c1. The fourth-order valence-corrected chi connectivity index (χ4v) is 1.92. The molecule has 2 rings (SSSR count). The molecular formula is C15H13F3O3. The van der Waals surface area contributed by atoms with Crippen LogP contribution in [-0.2, 0) is 0 Å². The van der Waals surface area contributed by atoms with E-state index in [4.69, 9.17) is 9.47 Å². The van der Waals surface area contributed by atoms with Gasteiger partial charge in [0.15, 0.2) is 17.5 Å². The van der Waals surface area contributed by atoms with Gasteiger partial charge in [0.1, 0.15) is 17.6 Å². The van der Waals surface area contributed by atoms with Crippen LogP contribution in [0, 0.1) is 17.5 Å². The number of benzene rings is 2. The van der Waals surface area contributed by atoms with Gasteiger partial charge in [0.2, 0.25) is 0 Å². The molecule has 0 saturated carbocycles. The fraction of sp³-hybridized carbons (Fsp3) is 0.200. The van der Waals surface area contributed by atoms with Crippen molar-refractivity contribution in [2.24, 2.45) is 0 Å². The van der Waals surface area contributed by atoms with E-state index >= 15 is 0 Å². The minimum atomic E-state index is -1.62. The van der Waals surface area contributed by atoms with E-state index in [1.165, 1.54) is 26.4 Å². The quantitative estimate of drug-likeness (QED) is 0.881. The topological polar surface area (TPSA) is 38.7 Å². The first-order chi connectivity index (χ1) is 9.97. The summed E-state index contributed by atoms with van der Waals surface area (Å²) in [4.78, 5) is 0. The molecule has 2 aromatic rings. The third-order valence-corrected chi connectivity index (χ3v) is 3.05. The van der Waals surface area contributed by atoms with Crippen LogP contribution in [0.1, 0.15) is 17.2 Å². The molecule has 6 heteroatoms. The second kappa shape index (κ2) is 6.05. The molecule has 1 N–H and O–H groups in total. The van der Waals surface area contributed by atoms with E-state index in [9.17, 15) is 18.3 Å². The van der Waals surface area contributed by atoms with E-state index < -0.39 is 23.6 Å². The average Bonchev–Trinajstić information content (AvgIpc) is 2.51. The first-order valence-corrected chi connectivity index (χ1v) is 6.02. The lowest BCUT2D eigenvalue weighted by Gasteiger charge is -2.15. The second-order valence-corrected chi connectivity index (χ2v) is 4.31. The van der Waals surface area contributed by atoms with E-state index in [1.807, 2.05) is 0 Å². The molecular weight excluding hydrogens is 285 g/mol. The molecule has 0 amide bonds. The van der Waals surface area contributed by atoms with Gasteiger partial charge in [-0.1, -0.05) is 6.07 Å². The number of hydrogen-bond donors (Lipinski definition) is 1. The standard InChI is InChI=1S/C15H13F3O3/c1-20-9-5-8(6-10(7-9)21-2)15(19)11-3-4-12(16)14(18)13(11)17/h3-7,15,19H,1-2H3. The van der Waals surface area contributed by atoms with Crippen LogP contribution in [-0.4, -0.2) is 19.3 Å². The van der Waals surface area contributed by atoms with Crippen molar-refractivity contribution in [3.63, 3.8) is 0 Å². The summed E-state index contributed by atoms with van der Waals surface area (Å²) < 4.78 is 50.0. The van der Waals surface area contributed by atoms with Crippen LogP contribution in [0.3, 0.4) is 0 Å². The van der Waals surface area contributed by atoms with Gasteiger partial charge in [-0.05, 0) is 23.8 Å². The van der Waals surface area contributed by atoms with E-state index in [0.29, 0.717) is 11.5 Å². The zero-order chi connectivity index (χ0) is 15.6. The van der Waals surface area contributed by atoms with Crippen LogP contribution < -0.4 is 9.47 Å². The molecule has 2 aromatic carbocycles. The zero-order valence-electron chi connectivity index (χ0n) is 11.4. The van der Waals surface area contributed by atoms with Crippen molar-refractivity contribution in [2.75, 3.05) is 14.2 Å². The van der Waals surface area contributed by atoms with Gasteiger partial charge in [0.25, 0.3) is 0 Å². The molecule has 3 nitrogen and oxygen atoms in total. The Balaban J connectivity index is 2.49. The van der Waals surface area contributed by atoms with Gasteiger partial charge in [-0.2, -0.15) is 0 Å². The van der Waals surface area contributed by atoms with E-state index in [0.717, 1.165) is 12.1 Å². The number of hydrogen-bond acceptors (Lipinski definition) is 3. The first kappa shape index (κ1) is 15.2. The molecule has 0 radical (unpaired) electrons. The summed E-state index contributed by atoms with van der Waals surface area (Å²) in [6.45, 7) is 0. The van der Waals surface area contributed by atoms with Gasteiger partial charge in [0.05, 0.1) is 14.2 Å². The summed E-state index contributed by atoms with van der Waals surface area (Å²) >= 11 is 0. The monoisotopic (exact) mass is 298 g/mol. The minimum Gasteiger partial charge on any atom is -0.497 e.